The Balaban J connectivity index is 1.47. The molecule has 6 rings (SSSR count). The van der Waals surface area contributed by atoms with Crippen molar-refractivity contribution in [2.75, 3.05) is 27.4 Å². The molecule has 1 saturated carbocycles. The molecule has 9 heteroatoms. The van der Waals surface area contributed by atoms with E-state index in [-0.39, 0.29) is 24.5 Å². The fraction of sp³-hybridized carbons (Fsp3) is 0.387. The highest BCUT2D eigenvalue weighted by atomic mass is 16.6. The van der Waals surface area contributed by atoms with E-state index in [2.05, 4.69) is 17.4 Å². The first-order valence-corrected chi connectivity index (χ1v) is 13.5. The van der Waals surface area contributed by atoms with Gasteiger partial charge < -0.3 is 39.2 Å². The monoisotopic (exact) mass is 547 g/mol. The number of hydrogen-bond donors (Lipinski definition) is 3. The minimum Gasteiger partial charge on any atom is -0.497 e. The summed E-state index contributed by atoms with van der Waals surface area (Å²) in [4.78, 5) is 12.6. The van der Waals surface area contributed by atoms with Crippen LogP contribution in [0.5, 0.6) is 23.0 Å². The molecule has 0 spiro atoms. The number of carbonyl (C=O) groups excluding carboxylic acids is 1. The molecule has 3 N–H and O–H groups in total. The number of methoxy groups -OCH3 is 2. The zero-order valence-electron chi connectivity index (χ0n) is 22.4. The number of amides is 1. The van der Waals surface area contributed by atoms with Crippen LogP contribution in [0.2, 0.25) is 0 Å². The summed E-state index contributed by atoms with van der Waals surface area (Å²) in [6.45, 7) is 0.0738. The molecule has 1 aliphatic carbocycles. The van der Waals surface area contributed by atoms with Crippen molar-refractivity contribution in [1.29, 1.82) is 0 Å². The van der Waals surface area contributed by atoms with Gasteiger partial charge in [-0.2, -0.15) is 0 Å². The summed E-state index contributed by atoms with van der Waals surface area (Å²) in [6.07, 6.45) is -0.714. The van der Waals surface area contributed by atoms with E-state index in [4.69, 9.17) is 28.8 Å². The van der Waals surface area contributed by atoms with Crippen LogP contribution in [0, 0.1) is 0 Å². The lowest BCUT2D eigenvalue weighted by atomic mass is 9.73. The average molecular weight is 548 g/mol. The van der Waals surface area contributed by atoms with E-state index in [0.717, 1.165) is 22.4 Å². The largest absolute Gasteiger partial charge is 0.497 e. The molecule has 2 fully saturated rings. The molecule has 210 valence electrons. The van der Waals surface area contributed by atoms with Crippen molar-refractivity contribution in [2.45, 2.75) is 48.5 Å². The Kier molecular flexibility index (Phi) is 6.93. The molecular weight excluding hydrogens is 514 g/mol. The number of aliphatic hydroxyl groups is 2. The number of nitrogens with one attached hydrogen (secondary N) is 1. The second kappa shape index (κ2) is 10.6. The maximum absolute atomic E-state index is 12.6. The number of ether oxygens (including phenoxy) is 5. The van der Waals surface area contributed by atoms with E-state index in [1.165, 1.54) is 0 Å². The van der Waals surface area contributed by atoms with Gasteiger partial charge in [0.05, 0.1) is 51.4 Å². The van der Waals surface area contributed by atoms with Crippen LogP contribution < -0.4 is 24.3 Å². The zero-order chi connectivity index (χ0) is 27.9. The van der Waals surface area contributed by atoms with Crippen molar-refractivity contribution in [3.63, 3.8) is 0 Å². The number of fused-ring (bicyclic) bond motifs is 5. The Morgan fingerprint density at radius 2 is 1.77 bits per heavy atom. The number of hydrogen-bond acceptors (Lipinski definition) is 8. The summed E-state index contributed by atoms with van der Waals surface area (Å²) in [5, 5.41) is 21.8. The number of benzene rings is 3. The maximum Gasteiger partial charge on any atom is 0.407 e. The lowest BCUT2D eigenvalue weighted by Crippen LogP contribution is -2.43. The molecule has 2 aliphatic heterocycles. The van der Waals surface area contributed by atoms with Gasteiger partial charge in [-0.3, -0.25) is 0 Å². The number of rotatable bonds is 10. The Hall–Kier alpha value is -3.95. The topological polar surface area (TPSA) is 116 Å². The van der Waals surface area contributed by atoms with Crippen molar-refractivity contribution >= 4 is 6.09 Å². The predicted molar refractivity (Wildman–Crippen MR) is 145 cm³/mol. The van der Waals surface area contributed by atoms with Crippen LogP contribution in [-0.2, 0) is 10.3 Å². The Labute approximate surface area is 232 Å². The maximum atomic E-state index is 12.6. The third-order valence-electron chi connectivity index (χ3n) is 8.24. The summed E-state index contributed by atoms with van der Waals surface area (Å²) >= 11 is 0. The van der Waals surface area contributed by atoms with Gasteiger partial charge in [0.15, 0.2) is 5.60 Å². The van der Waals surface area contributed by atoms with Crippen LogP contribution >= 0.6 is 0 Å². The highest BCUT2D eigenvalue weighted by molar-refractivity contribution is 5.73. The van der Waals surface area contributed by atoms with Crippen LogP contribution in [0.3, 0.4) is 0 Å². The van der Waals surface area contributed by atoms with Crippen molar-refractivity contribution < 1.29 is 38.7 Å². The first kappa shape index (κ1) is 26.3. The molecule has 1 amide bonds. The predicted octanol–water partition coefficient (Wildman–Crippen LogP) is 3.86. The molecule has 6 atom stereocenters. The molecule has 9 nitrogen and oxygen atoms in total. The van der Waals surface area contributed by atoms with Gasteiger partial charge in [-0.1, -0.05) is 42.5 Å². The van der Waals surface area contributed by atoms with Gasteiger partial charge in [0.1, 0.15) is 29.1 Å². The van der Waals surface area contributed by atoms with Crippen molar-refractivity contribution in [2.24, 2.45) is 0 Å². The highest BCUT2D eigenvalue weighted by Gasteiger charge is 2.71. The lowest BCUT2D eigenvalue weighted by Gasteiger charge is -2.37. The standard InChI is InChI=1S/C31H33NO8/c1-36-21-12-10-19(11-13-21)31-26(18-7-4-3-5-8-18)28-29(39-30(35)32-28)27(31)25-23(37-2)15-22(16-24(25)40-31)38-14-6-9-20(34)17-33/h3-5,7-8,10-13,15-16,20,26-29,33-34H,6,9,14,17H2,1-2H3,(H,32,35)/t20?,26-,27?,28-,29+,31+/m1/s1. The van der Waals surface area contributed by atoms with Crippen LogP contribution in [0.25, 0.3) is 0 Å². The molecule has 3 aromatic rings. The summed E-state index contributed by atoms with van der Waals surface area (Å²) < 4.78 is 30.3. The first-order chi connectivity index (χ1) is 19.5. The summed E-state index contributed by atoms with van der Waals surface area (Å²) in [7, 11) is 3.23. The number of aliphatic hydroxyl groups excluding tert-OH is 2. The molecule has 2 heterocycles. The summed E-state index contributed by atoms with van der Waals surface area (Å²) in [5.74, 6) is 1.84. The van der Waals surface area contributed by atoms with Crippen LogP contribution in [0.15, 0.2) is 66.7 Å². The molecular formula is C31H33NO8. The fourth-order valence-electron chi connectivity index (χ4n) is 6.59. The molecule has 1 saturated heterocycles. The van der Waals surface area contributed by atoms with Crippen molar-refractivity contribution in [3.8, 4) is 23.0 Å². The lowest BCUT2D eigenvalue weighted by molar-refractivity contribution is 0.0389. The van der Waals surface area contributed by atoms with Gasteiger partial charge in [0.2, 0.25) is 0 Å². The summed E-state index contributed by atoms with van der Waals surface area (Å²) in [5.41, 5.74) is 1.85. The average Bonchev–Trinajstić information content (AvgIpc) is 3.60. The molecule has 3 aliphatic rings. The van der Waals surface area contributed by atoms with Gasteiger partial charge in [-0.25, -0.2) is 4.79 Å². The second-order valence-corrected chi connectivity index (χ2v) is 10.4. The molecule has 0 aromatic heterocycles. The smallest absolute Gasteiger partial charge is 0.407 e. The second-order valence-electron chi connectivity index (χ2n) is 10.4. The van der Waals surface area contributed by atoms with Crippen LogP contribution in [0.1, 0.15) is 41.4 Å². The fourth-order valence-corrected chi connectivity index (χ4v) is 6.59. The van der Waals surface area contributed by atoms with Gasteiger partial charge in [0, 0.05) is 17.7 Å². The summed E-state index contributed by atoms with van der Waals surface area (Å²) in [6, 6.07) is 21.2. The SMILES string of the molecule is COc1ccc([C@@]23Oc4cc(OCCCC(O)CO)cc(OC)c4C2[C@@H]2OC(=O)N[C@@H]2[C@H]3c2ccccc2)cc1. The number of carbonyl (C=O) groups is 1. The minimum atomic E-state index is -0.921. The molecule has 0 bridgehead atoms. The first-order valence-electron chi connectivity index (χ1n) is 13.5. The molecule has 0 radical (unpaired) electrons. The van der Waals surface area contributed by atoms with E-state index in [1.807, 2.05) is 54.6 Å². The Morgan fingerprint density at radius 1 is 1.00 bits per heavy atom. The van der Waals surface area contributed by atoms with Crippen molar-refractivity contribution in [3.05, 3.63) is 83.4 Å². The van der Waals surface area contributed by atoms with Gasteiger partial charge in [-0.15, -0.1) is 0 Å². The Bertz CT molecular complexity index is 1360. The van der Waals surface area contributed by atoms with Crippen LogP contribution in [-0.4, -0.2) is 62.0 Å². The third-order valence-corrected chi connectivity index (χ3v) is 8.24. The van der Waals surface area contributed by atoms with E-state index in [9.17, 15) is 9.90 Å². The van der Waals surface area contributed by atoms with E-state index < -0.39 is 23.9 Å². The van der Waals surface area contributed by atoms with Gasteiger partial charge >= 0.3 is 6.09 Å². The van der Waals surface area contributed by atoms with Gasteiger partial charge in [-0.05, 0) is 36.1 Å². The van der Waals surface area contributed by atoms with Gasteiger partial charge in [0.25, 0.3) is 0 Å². The number of alkyl carbamates (subject to hydrolysis) is 1. The minimum absolute atomic E-state index is 0.273. The van der Waals surface area contributed by atoms with Crippen LogP contribution in [0.4, 0.5) is 4.79 Å². The Morgan fingerprint density at radius 3 is 2.48 bits per heavy atom. The van der Waals surface area contributed by atoms with E-state index >= 15 is 0 Å². The van der Waals surface area contributed by atoms with E-state index in [1.54, 1.807) is 14.2 Å². The molecule has 2 unspecified atom stereocenters. The third kappa shape index (κ3) is 4.20. The highest BCUT2D eigenvalue weighted by Crippen LogP contribution is 2.67. The van der Waals surface area contributed by atoms with Crippen molar-refractivity contribution in [1.82, 2.24) is 5.32 Å². The molecule has 3 aromatic carbocycles. The zero-order valence-corrected chi connectivity index (χ0v) is 22.4. The quantitative estimate of drug-likeness (QED) is 0.328. The molecule has 40 heavy (non-hydrogen) atoms. The van der Waals surface area contributed by atoms with E-state index in [0.29, 0.717) is 36.7 Å². The normalized spacial score (nSPS) is 26.6.